The van der Waals surface area contributed by atoms with E-state index in [0.29, 0.717) is 95.7 Å². The first-order valence-corrected chi connectivity index (χ1v) is 45.8. The summed E-state index contributed by atoms with van der Waals surface area (Å²) >= 11 is 0. The maximum Gasteiger partial charge on any atom is 0.328 e. The highest BCUT2D eigenvalue weighted by atomic mass is 35.5. The van der Waals surface area contributed by atoms with Crippen molar-refractivity contribution in [2.45, 2.75) is 169 Å². The van der Waals surface area contributed by atoms with Crippen molar-refractivity contribution in [3.8, 4) is 29.1 Å². The highest BCUT2D eigenvalue weighted by Crippen LogP contribution is 2.34. The van der Waals surface area contributed by atoms with Crippen LogP contribution in [0.2, 0.25) is 0 Å². The lowest BCUT2D eigenvalue weighted by Crippen LogP contribution is -2.48. The van der Waals surface area contributed by atoms with Crippen molar-refractivity contribution < 1.29 is 96.2 Å². The number of nitrogens with one attached hydrogen (secondary N) is 12. The molecule has 4 amide bonds. The van der Waals surface area contributed by atoms with E-state index in [1.54, 1.807) is 114 Å². The predicted molar refractivity (Wildman–Crippen MR) is 532 cm³/mol. The van der Waals surface area contributed by atoms with Crippen LogP contribution in [0, 0.1) is 58.7 Å². The third-order valence-electron chi connectivity index (χ3n) is 22.5. The molecule has 0 aliphatic rings. The number of primary amides is 1. The van der Waals surface area contributed by atoms with Gasteiger partial charge in [-0.15, -0.1) is 12.4 Å². The summed E-state index contributed by atoms with van der Waals surface area (Å²) in [6.45, 7) is 15.9. The standard InChI is InChI=1S/C24H30N4O5.C23H29N5O4.C23H27N5O3.C17H21NO4.C7H11N3O2.C6H9N3O2.ClH/c1-14(2)10-15(23(30)27-20(24(31)33-4)12-16-8-9-25-28-16)11-21(29)19-13-17-18(26-19)6-5-7-22(17)32-3;1-13(2)9-14(23(31)27-19(22(24)30)11-15-7-8-25-28-15)10-20(29)18-12-16-17(26-18)5-4-6-21(16)32-3;1-14(2)9-15(23(30)26-17(13-24)11-16-7-8-25-28-16)10-21(29)20-12-18-19(27-20)5-4-6-22(18)31-3;1-10(2)7-11(17(20)21)8-15(19)14-9-12-13(18-14)5-4-6-16(12)22-3;1-12-7(11)6(8)4-5-2-3-9-10-5;7-5(6(10)11)3-4-1-2-8-9-4;/h5-9,13-15,20,26H,10-12H2,1-4H3,(H,25,28)(H,27,30);4-8,12-14,19,26H,9-11H2,1-3H3,(H2,24,30)(H,25,28)(H,27,31);4-8,12,14-15,17,27H,9-11H2,1-3H3,(H,25,28)(H,26,30);4-6,9-11,18H,7-8H2,1-3H3,(H,20,21);2-3,6H,4,8H2,1H3,(H,9,10);1-2,5H,3,7H2,(H,8,9)(H,10,11);1H/t15-,20?;14-,19?;15-,17?;11-;;;/m1111.../s1. The lowest BCUT2D eigenvalue weighted by Gasteiger charge is -2.22. The summed E-state index contributed by atoms with van der Waals surface area (Å²) in [6.07, 6.45) is 11.5. The number of nitrogens with zero attached hydrogens (tertiary/aromatic N) is 6. The van der Waals surface area contributed by atoms with Crippen molar-refractivity contribution in [1.82, 2.24) is 86.9 Å². The number of halogens is 1. The molecule has 13 aromatic rings. The Morgan fingerprint density at radius 3 is 0.908 bits per heavy atom. The van der Waals surface area contributed by atoms with Gasteiger partial charge in [0, 0.05) is 179 Å². The Morgan fingerprint density at radius 1 is 0.366 bits per heavy atom. The van der Waals surface area contributed by atoms with Crippen LogP contribution in [0.4, 0.5) is 0 Å². The first-order chi connectivity index (χ1) is 67.4. The van der Waals surface area contributed by atoms with Gasteiger partial charge in [0.05, 0.1) is 77.4 Å². The maximum atomic E-state index is 13.2. The topological polar surface area (TPSA) is 645 Å². The summed E-state index contributed by atoms with van der Waals surface area (Å²) in [6, 6.07) is 35.9. The molecule has 4 aromatic carbocycles. The van der Waals surface area contributed by atoms with Gasteiger partial charge in [-0.3, -0.25) is 78.2 Å². The van der Waals surface area contributed by atoms with Crippen LogP contribution in [-0.4, -0.2) is 225 Å². The number of nitriles is 1. The van der Waals surface area contributed by atoms with Crippen LogP contribution in [0.1, 0.15) is 177 Å². The van der Waals surface area contributed by atoms with E-state index in [2.05, 4.69) is 97.7 Å². The molecule has 9 atom stereocenters. The zero-order chi connectivity index (χ0) is 103. The van der Waals surface area contributed by atoms with Crippen molar-refractivity contribution >= 4 is 127 Å². The smallest absolute Gasteiger partial charge is 0.328 e. The molecule has 0 spiro atoms. The number of rotatable bonds is 45. The third-order valence-corrected chi connectivity index (χ3v) is 22.5. The molecule has 0 radical (unpaired) electrons. The van der Waals surface area contributed by atoms with Gasteiger partial charge in [-0.2, -0.15) is 30.8 Å². The quantitative estimate of drug-likeness (QED) is 0.0124. The number of H-pyrrole nitrogens is 9. The number of carboxylic acids is 2. The fraction of sp³-hybridized carbons (Fsp3) is 0.400. The molecule has 9 heterocycles. The van der Waals surface area contributed by atoms with Crippen molar-refractivity contribution in [2.24, 2.45) is 64.5 Å². The molecule has 20 N–H and O–H groups in total. The molecule has 41 nitrogen and oxygen atoms in total. The Bertz CT molecular complexity index is 6270. The van der Waals surface area contributed by atoms with Crippen molar-refractivity contribution in [3.05, 3.63) is 210 Å². The minimum atomic E-state index is -1.00. The summed E-state index contributed by atoms with van der Waals surface area (Å²) in [5.74, 6) is -4.14. The first-order valence-electron chi connectivity index (χ1n) is 45.8. The summed E-state index contributed by atoms with van der Waals surface area (Å²) in [5, 5.41) is 71.3. The van der Waals surface area contributed by atoms with Crippen molar-refractivity contribution in [1.29, 1.82) is 5.26 Å². The van der Waals surface area contributed by atoms with Gasteiger partial charge in [0.15, 0.2) is 23.1 Å². The number of carboxylic acid groups (broad SMARTS) is 2. The number of ether oxygens (including phenoxy) is 6. The van der Waals surface area contributed by atoms with Gasteiger partial charge in [-0.25, -0.2) is 4.79 Å². The molecule has 5 unspecified atom stereocenters. The molecule has 0 aliphatic heterocycles. The number of Topliss-reactive ketones (excluding diaryl/α,β-unsaturated/α-hetero) is 4. The largest absolute Gasteiger partial charge is 0.496 e. The Hall–Kier alpha value is -15.6. The number of hydrogen-bond donors (Lipinski definition) is 17. The van der Waals surface area contributed by atoms with Crippen LogP contribution >= 0.6 is 12.4 Å². The minimum absolute atomic E-state index is 0. The normalized spacial score (nSPS) is 12.8. The molecule has 0 fully saturated rings. The monoisotopic (exact) mass is 1980 g/mol. The Labute approximate surface area is 825 Å². The van der Waals surface area contributed by atoms with Gasteiger partial charge in [0.1, 0.15) is 53.2 Å². The van der Waals surface area contributed by atoms with Crippen molar-refractivity contribution in [2.75, 3.05) is 42.7 Å². The predicted octanol–water partition coefficient (Wildman–Crippen LogP) is 11.5. The second-order valence-corrected chi connectivity index (χ2v) is 35.3. The van der Waals surface area contributed by atoms with Gasteiger partial charge in [-0.1, -0.05) is 79.7 Å². The number of nitrogens with two attached hydrogens (primary N) is 3. The molecular formula is C100H128ClN21O20. The van der Waals surface area contributed by atoms with E-state index in [9.17, 15) is 67.9 Å². The number of carbonyl (C=O) groups excluding carboxylic acids is 10. The molecule has 13 rings (SSSR count). The zero-order valence-corrected chi connectivity index (χ0v) is 82.6. The minimum Gasteiger partial charge on any atom is -0.496 e. The Kier molecular flexibility index (Phi) is 45.1. The second-order valence-electron chi connectivity index (χ2n) is 35.3. The number of benzene rings is 4. The molecule has 42 heteroatoms. The van der Waals surface area contributed by atoms with Gasteiger partial charge < -0.3 is 91.7 Å². The van der Waals surface area contributed by atoms with Crippen LogP contribution < -0.4 is 52.1 Å². The molecule has 9 aromatic heterocycles. The SMILES string of the molecule is COC(=O)C(Cc1ccn[nH]1)NC(=O)[C@@H](CC(=O)c1cc2c(OC)cccc2[nH]1)CC(C)C.COC(=O)C(N)Cc1ccn[nH]1.COc1cccc2[nH]c(C(=O)C[C@@H](CC(C)C)C(=O)NC(C#N)Cc3ccn[nH]3)cc12.COc1cccc2[nH]c(C(=O)C[C@@H](CC(C)C)C(=O)NC(Cc3ccn[nH]3)C(N)=O)cc12.COc1cccc2[nH]c(C(=O)C[C@@H](CC(C)C)C(=O)O)cc12.Cl.NC(Cc1ccn[nH]1)C(=O)O. The van der Waals surface area contributed by atoms with Crippen LogP contribution in [0.15, 0.2) is 158 Å². The molecule has 0 aliphatic carbocycles. The summed E-state index contributed by atoms with van der Waals surface area (Å²) in [7, 11) is 8.90. The lowest BCUT2D eigenvalue weighted by atomic mass is 9.90. The van der Waals surface area contributed by atoms with Gasteiger partial charge in [0.2, 0.25) is 23.6 Å². The van der Waals surface area contributed by atoms with Crippen LogP contribution in [0.5, 0.6) is 23.0 Å². The summed E-state index contributed by atoms with van der Waals surface area (Å²) in [4.78, 5) is 160. The van der Waals surface area contributed by atoms with Gasteiger partial charge >= 0.3 is 23.9 Å². The highest BCUT2D eigenvalue weighted by Gasteiger charge is 2.34. The Balaban J connectivity index is 0.000000240. The highest BCUT2D eigenvalue weighted by molar-refractivity contribution is 6.06. The lowest BCUT2D eigenvalue weighted by molar-refractivity contribution is -0.145. The van der Waals surface area contributed by atoms with E-state index < -0.39 is 83.7 Å². The number of aromatic amines is 9. The van der Waals surface area contributed by atoms with E-state index in [-0.39, 0.29) is 122 Å². The fourth-order valence-electron chi connectivity index (χ4n) is 15.6. The molecule has 0 bridgehead atoms. The number of aliphatic carboxylic acids is 2. The average molecular weight is 1980 g/mol. The van der Waals surface area contributed by atoms with E-state index in [1.165, 1.54) is 14.2 Å². The molecule has 142 heavy (non-hydrogen) atoms. The summed E-state index contributed by atoms with van der Waals surface area (Å²) in [5.41, 5.74) is 24.8. The van der Waals surface area contributed by atoms with E-state index in [1.807, 2.05) is 128 Å². The number of methoxy groups -OCH3 is 6. The molecular weight excluding hydrogens is 1850 g/mol. The molecule has 0 saturated heterocycles. The first kappa shape index (κ1) is 113. The summed E-state index contributed by atoms with van der Waals surface area (Å²) < 4.78 is 30.7. The molecule has 760 valence electrons. The number of carbonyl (C=O) groups is 12. The number of hydrogen-bond acceptors (Lipinski definition) is 26. The number of amides is 4. The molecule has 0 saturated carbocycles. The Morgan fingerprint density at radius 2 is 0.641 bits per heavy atom. The van der Waals surface area contributed by atoms with Crippen LogP contribution in [0.25, 0.3) is 43.6 Å². The van der Waals surface area contributed by atoms with E-state index in [4.69, 9.17) is 46.0 Å². The maximum absolute atomic E-state index is 13.2. The number of esters is 2. The van der Waals surface area contributed by atoms with E-state index >= 15 is 0 Å². The van der Waals surface area contributed by atoms with Gasteiger partial charge in [0.25, 0.3) is 0 Å². The average Bonchev–Trinajstić information content (AvgIpc) is 1.68. The number of aromatic nitrogens is 14. The zero-order valence-electron chi connectivity index (χ0n) is 81.8. The van der Waals surface area contributed by atoms with Crippen LogP contribution in [-0.2, 0) is 79.9 Å². The van der Waals surface area contributed by atoms with Crippen molar-refractivity contribution in [3.63, 3.8) is 0 Å². The fourth-order valence-corrected chi connectivity index (χ4v) is 15.6. The third kappa shape index (κ3) is 34.8. The number of ketones is 4. The van der Waals surface area contributed by atoms with Crippen LogP contribution in [0.3, 0.4) is 0 Å². The second kappa shape index (κ2) is 56.5. The number of fused-ring (bicyclic) bond motifs is 4. The van der Waals surface area contributed by atoms with E-state index in [0.717, 1.165) is 60.7 Å². The van der Waals surface area contributed by atoms with Gasteiger partial charge in [-0.05, 0) is 152 Å².